The number of aromatic nitrogens is 3. The van der Waals surface area contributed by atoms with Gasteiger partial charge in [0.25, 0.3) is 5.56 Å². The molecule has 7 heteroatoms. The van der Waals surface area contributed by atoms with E-state index in [0.29, 0.717) is 11.5 Å². The molecule has 6 nitrogen and oxygen atoms in total. The minimum Gasteiger partial charge on any atom is -0.488 e. The van der Waals surface area contributed by atoms with Gasteiger partial charge in [-0.1, -0.05) is 36.5 Å². The number of ether oxygens (including phenoxy) is 1. The second-order valence-electron chi connectivity index (χ2n) is 6.38. The van der Waals surface area contributed by atoms with E-state index in [1.54, 1.807) is 6.07 Å². The zero-order valence-electron chi connectivity index (χ0n) is 14.3. The van der Waals surface area contributed by atoms with E-state index in [1.165, 1.54) is 21.4 Å². The standard InChI is InChI=1S/C18H20N4O2S/c1-3-16-20-22-17(23)9-13(19-18(22)25-16)10-21(2)11-14-8-12-6-4-5-7-15(12)24-14/h4-7,9,14H,3,8,10-11H2,1-2H3/t14-/m1/s1. The van der Waals surface area contributed by atoms with Crippen molar-refractivity contribution in [1.82, 2.24) is 19.5 Å². The van der Waals surface area contributed by atoms with E-state index < -0.39 is 0 Å². The maximum absolute atomic E-state index is 12.2. The van der Waals surface area contributed by atoms with E-state index in [4.69, 9.17) is 4.74 Å². The van der Waals surface area contributed by atoms with E-state index in [-0.39, 0.29) is 11.7 Å². The average Bonchev–Trinajstić information content (AvgIpc) is 3.17. The molecule has 4 rings (SSSR count). The van der Waals surface area contributed by atoms with Gasteiger partial charge < -0.3 is 4.74 Å². The number of likely N-dealkylation sites (N-methyl/N-ethyl adjacent to an activating group) is 1. The van der Waals surface area contributed by atoms with Crippen molar-refractivity contribution in [2.45, 2.75) is 32.4 Å². The van der Waals surface area contributed by atoms with Crippen molar-refractivity contribution >= 4 is 16.3 Å². The maximum atomic E-state index is 12.2. The number of hydrogen-bond donors (Lipinski definition) is 0. The highest BCUT2D eigenvalue weighted by Gasteiger charge is 2.23. The summed E-state index contributed by atoms with van der Waals surface area (Å²) in [6.45, 7) is 3.43. The summed E-state index contributed by atoms with van der Waals surface area (Å²) in [4.78, 5) is 19.6. The van der Waals surface area contributed by atoms with Gasteiger partial charge >= 0.3 is 0 Å². The summed E-state index contributed by atoms with van der Waals surface area (Å²) in [6.07, 6.45) is 1.87. The molecule has 0 fully saturated rings. The largest absolute Gasteiger partial charge is 0.488 e. The van der Waals surface area contributed by atoms with Gasteiger partial charge in [-0.05, 0) is 25.1 Å². The molecule has 0 saturated heterocycles. The third-order valence-corrected chi connectivity index (χ3v) is 5.36. The Hall–Kier alpha value is -2.25. The molecule has 2 aromatic heterocycles. The predicted octanol–water partition coefficient (Wildman–Crippen LogP) is 2.15. The van der Waals surface area contributed by atoms with Crippen molar-refractivity contribution in [3.8, 4) is 5.75 Å². The molecule has 1 aliphatic heterocycles. The molecule has 0 spiro atoms. The molecule has 3 heterocycles. The Bertz CT molecular complexity index is 940. The van der Waals surface area contributed by atoms with Crippen LogP contribution in [0.5, 0.6) is 5.75 Å². The van der Waals surface area contributed by atoms with Gasteiger partial charge in [-0.3, -0.25) is 9.69 Å². The van der Waals surface area contributed by atoms with Crippen LogP contribution in [0.2, 0.25) is 0 Å². The van der Waals surface area contributed by atoms with Crippen LogP contribution < -0.4 is 10.3 Å². The molecule has 0 bridgehead atoms. The molecule has 3 aromatic rings. The quantitative estimate of drug-likeness (QED) is 0.701. The highest BCUT2D eigenvalue weighted by Crippen LogP contribution is 2.28. The summed E-state index contributed by atoms with van der Waals surface area (Å²) in [6, 6.07) is 9.74. The summed E-state index contributed by atoms with van der Waals surface area (Å²) in [5, 5.41) is 5.21. The Balaban J connectivity index is 1.45. The molecule has 1 aliphatic rings. The lowest BCUT2D eigenvalue weighted by Crippen LogP contribution is -2.32. The SMILES string of the molecule is CCc1nn2c(=O)cc(CN(C)C[C@H]3Cc4ccccc4O3)nc2s1. The van der Waals surface area contributed by atoms with Crippen LogP contribution in [0, 0.1) is 0 Å². The Labute approximate surface area is 149 Å². The topological polar surface area (TPSA) is 59.7 Å². The third-order valence-electron chi connectivity index (χ3n) is 4.30. The lowest BCUT2D eigenvalue weighted by Gasteiger charge is -2.20. The lowest BCUT2D eigenvalue weighted by molar-refractivity contribution is 0.164. The minimum absolute atomic E-state index is 0.117. The van der Waals surface area contributed by atoms with Crippen molar-refractivity contribution in [3.63, 3.8) is 0 Å². The number of hydrogen-bond acceptors (Lipinski definition) is 6. The number of rotatable bonds is 5. The highest BCUT2D eigenvalue weighted by atomic mass is 32.1. The number of fused-ring (bicyclic) bond motifs is 2. The van der Waals surface area contributed by atoms with Gasteiger partial charge in [-0.15, -0.1) is 0 Å². The molecule has 0 radical (unpaired) electrons. The van der Waals surface area contributed by atoms with Crippen LogP contribution in [0.3, 0.4) is 0 Å². The molecule has 0 amide bonds. The summed E-state index contributed by atoms with van der Waals surface area (Å²) in [5.74, 6) is 0.982. The van der Waals surface area contributed by atoms with Crippen LogP contribution in [0.1, 0.15) is 23.2 Å². The molecule has 1 atom stereocenters. The normalized spacial score (nSPS) is 16.4. The maximum Gasteiger partial charge on any atom is 0.275 e. The third kappa shape index (κ3) is 3.29. The highest BCUT2D eigenvalue weighted by molar-refractivity contribution is 7.16. The van der Waals surface area contributed by atoms with E-state index >= 15 is 0 Å². The van der Waals surface area contributed by atoms with Gasteiger partial charge in [0, 0.05) is 25.6 Å². The molecular weight excluding hydrogens is 336 g/mol. The summed E-state index contributed by atoms with van der Waals surface area (Å²) >= 11 is 1.47. The molecule has 25 heavy (non-hydrogen) atoms. The second kappa shape index (κ2) is 6.57. The van der Waals surface area contributed by atoms with Gasteiger partial charge in [0.2, 0.25) is 4.96 Å². The minimum atomic E-state index is -0.117. The Morgan fingerprint density at radius 3 is 3.04 bits per heavy atom. The van der Waals surface area contributed by atoms with Crippen LogP contribution in [0.25, 0.3) is 4.96 Å². The van der Waals surface area contributed by atoms with Crippen molar-refractivity contribution in [1.29, 1.82) is 0 Å². The number of aryl methyl sites for hydroxylation is 1. The molecule has 0 saturated carbocycles. The fourth-order valence-corrected chi connectivity index (χ4v) is 4.02. The van der Waals surface area contributed by atoms with E-state index in [2.05, 4.69) is 21.0 Å². The smallest absolute Gasteiger partial charge is 0.275 e. The van der Waals surface area contributed by atoms with Crippen molar-refractivity contribution in [3.05, 3.63) is 57.0 Å². The first kappa shape index (κ1) is 16.2. The number of nitrogens with zero attached hydrogens (tertiary/aromatic N) is 4. The van der Waals surface area contributed by atoms with Crippen molar-refractivity contribution in [2.75, 3.05) is 13.6 Å². The summed E-state index contributed by atoms with van der Waals surface area (Å²) in [7, 11) is 2.03. The molecule has 0 N–H and O–H groups in total. The number of benzene rings is 1. The molecule has 0 aliphatic carbocycles. The van der Waals surface area contributed by atoms with Gasteiger partial charge in [0.05, 0.1) is 5.69 Å². The van der Waals surface area contributed by atoms with Gasteiger partial charge in [-0.25, -0.2) is 4.98 Å². The van der Waals surface area contributed by atoms with E-state index in [0.717, 1.165) is 35.8 Å². The zero-order chi connectivity index (χ0) is 17.4. The second-order valence-corrected chi connectivity index (χ2v) is 7.42. The number of para-hydroxylation sites is 1. The Morgan fingerprint density at radius 1 is 1.40 bits per heavy atom. The van der Waals surface area contributed by atoms with Crippen LogP contribution in [0.15, 0.2) is 35.1 Å². The summed E-state index contributed by atoms with van der Waals surface area (Å²) in [5.41, 5.74) is 1.92. The fourth-order valence-electron chi connectivity index (χ4n) is 3.16. The molecule has 130 valence electrons. The monoisotopic (exact) mass is 356 g/mol. The van der Waals surface area contributed by atoms with Gasteiger partial charge in [0.15, 0.2) is 0 Å². The first-order valence-electron chi connectivity index (χ1n) is 8.44. The molecule has 0 unspecified atom stereocenters. The van der Waals surface area contributed by atoms with E-state index in [1.807, 2.05) is 32.2 Å². The molecule has 1 aromatic carbocycles. The van der Waals surface area contributed by atoms with Crippen molar-refractivity contribution in [2.24, 2.45) is 0 Å². The van der Waals surface area contributed by atoms with Gasteiger partial charge in [0.1, 0.15) is 16.9 Å². The first-order valence-corrected chi connectivity index (χ1v) is 9.26. The van der Waals surface area contributed by atoms with Gasteiger partial charge in [-0.2, -0.15) is 9.61 Å². The first-order chi connectivity index (χ1) is 12.1. The fraction of sp³-hybridized carbons (Fsp3) is 0.389. The average molecular weight is 356 g/mol. The van der Waals surface area contributed by atoms with Crippen molar-refractivity contribution < 1.29 is 4.74 Å². The Kier molecular flexibility index (Phi) is 4.27. The Morgan fingerprint density at radius 2 is 2.24 bits per heavy atom. The van der Waals surface area contributed by atoms with Crippen LogP contribution in [-0.4, -0.2) is 39.2 Å². The van der Waals surface area contributed by atoms with E-state index in [9.17, 15) is 4.79 Å². The zero-order valence-corrected chi connectivity index (χ0v) is 15.1. The van der Waals surface area contributed by atoms with Crippen LogP contribution in [0.4, 0.5) is 0 Å². The van der Waals surface area contributed by atoms with Crippen LogP contribution in [-0.2, 0) is 19.4 Å². The molecular formula is C18H20N4O2S. The summed E-state index contributed by atoms with van der Waals surface area (Å²) < 4.78 is 7.38. The lowest BCUT2D eigenvalue weighted by atomic mass is 10.1. The predicted molar refractivity (Wildman–Crippen MR) is 97.4 cm³/mol. The van der Waals surface area contributed by atoms with Crippen LogP contribution >= 0.6 is 11.3 Å².